The number of aryl methyl sites for hydroxylation is 1. The van der Waals surface area contributed by atoms with Gasteiger partial charge >= 0.3 is 0 Å². The smallest absolute Gasteiger partial charge is 0.300 e. The highest BCUT2D eigenvalue weighted by Gasteiger charge is 2.47. The Morgan fingerprint density at radius 1 is 0.971 bits per heavy atom. The number of aliphatic hydroxyl groups excluding tert-OH is 1. The molecule has 0 aromatic heterocycles. The summed E-state index contributed by atoms with van der Waals surface area (Å²) in [5.74, 6) is -0.921. The zero-order valence-electron chi connectivity index (χ0n) is 19.7. The first-order valence-corrected chi connectivity index (χ1v) is 11.8. The number of nitrogens with zero attached hydrogens (tertiary/aromatic N) is 1. The van der Waals surface area contributed by atoms with Crippen LogP contribution >= 0.6 is 11.6 Å². The highest BCUT2D eigenvalue weighted by molar-refractivity contribution is 6.51. The van der Waals surface area contributed by atoms with Gasteiger partial charge in [-0.2, -0.15) is 0 Å². The molecule has 1 saturated heterocycles. The largest absolute Gasteiger partial charge is 0.507 e. The van der Waals surface area contributed by atoms with E-state index in [0.29, 0.717) is 46.5 Å². The molecule has 35 heavy (non-hydrogen) atoms. The second kappa shape index (κ2) is 10.2. The molecule has 1 amide bonds. The van der Waals surface area contributed by atoms with Gasteiger partial charge in [-0.3, -0.25) is 14.5 Å². The summed E-state index contributed by atoms with van der Waals surface area (Å²) in [5, 5.41) is 11.9. The fourth-order valence-electron chi connectivity index (χ4n) is 4.26. The molecule has 180 valence electrons. The fraction of sp³-hybridized carbons (Fsp3) is 0.214. The molecule has 1 atom stereocenters. The van der Waals surface area contributed by atoms with Gasteiger partial charge in [0.1, 0.15) is 17.3 Å². The summed E-state index contributed by atoms with van der Waals surface area (Å²) in [5.41, 5.74) is 2.38. The number of ketones is 1. The molecule has 1 fully saturated rings. The minimum atomic E-state index is -0.852. The molecule has 0 saturated carbocycles. The molecule has 3 aromatic rings. The molecule has 1 aliphatic rings. The van der Waals surface area contributed by atoms with E-state index in [-0.39, 0.29) is 11.3 Å². The Labute approximate surface area is 209 Å². The standard InChI is InChI=1S/C28H26ClNO5/c1-4-34-21-12-13-22(23(16-21)35-5-2)26(31)24-25(18-9-6-8-17(3)14-18)30(28(33)27(24)32)20-11-7-10-19(29)15-20/h6-16,25,31H,4-5H2,1-3H3/b26-24-. The number of Topliss-reactive ketones (excluding diaryl/α,β-unsaturated/α-hetero) is 1. The third kappa shape index (κ3) is 4.75. The molecule has 1 aliphatic heterocycles. The van der Waals surface area contributed by atoms with Gasteiger partial charge in [0.2, 0.25) is 0 Å². The molecule has 0 radical (unpaired) electrons. The Morgan fingerprint density at radius 3 is 2.40 bits per heavy atom. The number of hydrogen-bond acceptors (Lipinski definition) is 5. The van der Waals surface area contributed by atoms with E-state index in [0.717, 1.165) is 5.56 Å². The van der Waals surface area contributed by atoms with E-state index in [9.17, 15) is 14.7 Å². The van der Waals surface area contributed by atoms with Crippen molar-refractivity contribution < 1.29 is 24.2 Å². The zero-order valence-corrected chi connectivity index (χ0v) is 20.5. The van der Waals surface area contributed by atoms with Crippen molar-refractivity contribution in [3.05, 3.63) is 94.0 Å². The van der Waals surface area contributed by atoms with Crippen molar-refractivity contribution in [3.63, 3.8) is 0 Å². The number of hydrogen-bond donors (Lipinski definition) is 1. The molecule has 1 heterocycles. The number of anilines is 1. The number of halogens is 1. The van der Waals surface area contributed by atoms with Gasteiger partial charge in [-0.25, -0.2) is 0 Å². The molecular weight excluding hydrogens is 466 g/mol. The Kier molecular flexibility index (Phi) is 7.12. The van der Waals surface area contributed by atoms with Crippen LogP contribution in [0.25, 0.3) is 5.76 Å². The van der Waals surface area contributed by atoms with E-state index in [1.807, 2.05) is 45.0 Å². The van der Waals surface area contributed by atoms with Crippen molar-refractivity contribution in [1.29, 1.82) is 0 Å². The Hall–Kier alpha value is -3.77. The first-order valence-electron chi connectivity index (χ1n) is 11.4. The summed E-state index contributed by atoms with van der Waals surface area (Å²) in [7, 11) is 0. The van der Waals surface area contributed by atoms with Gasteiger partial charge in [-0.15, -0.1) is 0 Å². The molecule has 0 bridgehead atoms. The maximum Gasteiger partial charge on any atom is 0.300 e. The monoisotopic (exact) mass is 491 g/mol. The van der Waals surface area contributed by atoms with Crippen LogP contribution in [0, 0.1) is 6.92 Å². The van der Waals surface area contributed by atoms with Gasteiger partial charge < -0.3 is 14.6 Å². The molecular formula is C28H26ClNO5. The third-order valence-electron chi connectivity index (χ3n) is 5.71. The molecule has 7 heteroatoms. The molecule has 0 spiro atoms. The Balaban J connectivity index is 1.95. The predicted octanol–water partition coefficient (Wildman–Crippen LogP) is 6.07. The maximum absolute atomic E-state index is 13.4. The zero-order chi connectivity index (χ0) is 25.1. The molecule has 1 N–H and O–H groups in total. The van der Waals surface area contributed by atoms with Crippen molar-refractivity contribution in [1.82, 2.24) is 0 Å². The van der Waals surface area contributed by atoms with Crippen LogP contribution in [0.4, 0.5) is 5.69 Å². The van der Waals surface area contributed by atoms with Crippen molar-refractivity contribution in [2.24, 2.45) is 0 Å². The lowest BCUT2D eigenvalue weighted by molar-refractivity contribution is -0.132. The minimum absolute atomic E-state index is 0.0225. The van der Waals surface area contributed by atoms with Crippen LogP contribution in [-0.2, 0) is 9.59 Å². The predicted molar refractivity (Wildman–Crippen MR) is 136 cm³/mol. The normalized spacial score (nSPS) is 17.0. The second-order valence-corrected chi connectivity index (χ2v) is 8.52. The van der Waals surface area contributed by atoms with Crippen LogP contribution in [0.2, 0.25) is 5.02 Å². The Bertz CT molecular complexity index is 1320. The summed E-state index contributed by atoms with van der Waals surface area (Å²) in [4.78, 5) is 28.1. The third-order valence-corrected chi connectivity index (χ3v) is 5.94. The van der Waals surface area contributed by atoms with E-state index < -0.39 is 17.7 Å². The highest BCUT2D eigenvalue weighted by Crippen LogP contribution is 2.44. The van der Waals surface area contributed by atoms with Crippen molar-refractivity contribution >= 4 is 34.7 Å². The quantitative estimate of drug-likeness (QED) is 0.246. The molecule has 4 rings (SSSR count). The highest BCUT2D eigenvalue weighted by atomic mass is 35.5. The van der Waals surface area contributed by atoms with Crippen LogP contribution in [0.5, 0.6) is 11.5 Å². The fourth-order valence-corrected chi connectivity index (χ4v) is 4.44. The lowest BCUT2D eigenvalue weighted by Crippen LogP contribution is -2.29. The lowest BCUT2D eigenvalue weighted by atomic mass is 9.94. The SMILES string of the molecule is CCOc1ccc(/C(O)=C2/C(=O)C(=O)N(c3cccc(Cl)c3)C2c2cccc(C)c2)c(OCC)c1. The van der Waals surface area contributed by atoms with Gasteiger partial charge in [0.15, 0.2) is 0 Å². The number of carbonyl (C=O) groups excluding carboxylic acids is 2. The molecule has 0 aliphatic carbocycles. The maximum atomic E-state index is 13.4. The van der Waals surface area contributed by atoms with Crippen molar-refractivity contribution in [2.45, 2.75) is 26.8 Å². The van der Waals surface area contributed by atoms with Crippen LogP contribution in [0.1, 0.15) is 36.6 Å². The number of carbonyl (C=O) groups is 2. The minimum Gasteiger partial charge on any atom is -0.507 e. The van der Waals surface area contributed by atoms with Crippen LogP contribution in [0.3, 0.4) is 0 Å². The summed E-state index contributed by atoms with van der Waals surface area (Å²) in [6.07, 6.45) is 0. The average Bonchev–Trinajstić information content (AvgIpc) is 3.10. The summed E-state index contributed by atoms with van der Waals surface area (Å²) < 4.78 is 11.3. The lowest BCUT2D eigenvalue weighted by Gasteiger charge is -2.26. The second-order valence-electron chi connectivity index (χ2n) is 8.09. The average molecular weight is 492 g/mol. The van der Waals surface area contributed by atoms with Crippen molar-refractivity contribution in [2.75, 3.05) is 18.1 Å². The molecule has 3 aromatic carbocycles. The van der Waals surface area contributed by atoms with Crippen LogP contribution in [-0.4, -0.2) is 30.0 Å². The molecule has 6 nitrogen and oxygen atoms in total. The molecule has 1 unspecified atom stereocenters. The van der Waals surface area contributed by atoms with E-state index in [2.05, 4.69) is 0 Å². The summed E-state index contributed by atoms with van der Waals surface area (Å²) >= 11 is 6.20. The number of aliphatic hydroxyl groups is 1. The van der Waals surface area contributed by atoms with E-state index in [4.69, 9.17) is 21.1 Å². The Morgan fingerprint density at radius 2 is 1.71 bits per heavy atom. The first-order chi connectivity index (χ1) is 16.8. The van der Waals surface area contributed by atoms with Crippen LogP contribution < -0.4 is 14.4 Å². The van der Waals surface area contributed by atoms with Gasteiger partial charge in [-0.05, 0) is 56.7 Å². The van der Waals surface area contributed by atoms with Gasteiger partial charge in [0, 0.05) is 16.8 Å². The van der Waals surface area contributed by atoms with E-state index >= 15 is 0 Å². The number of amides is 1. The topological polar surface area (TPSA) is 76.1 Å². The van der Waals surface area contributed by atoms with Gasteiger partial charge in [0.05, 0.1) is 30.4 Å². The summed E-state index contributed by atoms with van der Waals surface area (Å²) in [6.45, 7) is 6.42. The van der Waals surface area contributed by atoms with E-state index in [1.165, 1.54) is 4.90 Å². The summed E-state index contributed by atoms with van der Waals surface area (Å²) in [6, 6.07) is 18.4. The number of ether oxygens (including phenoxy) is 2. The number of benzene rings is 3. The van der Waals surface area contributed by atoms with Crippen LogP contribution in [0.15, 0.2) is 72.3 Å². The number of rotatable bonds is 7. The van der Waals surface area contributed by atoms with E-state index in [1.54, 1.807) is 42.5 Å². The van der Waals surface area contributed by atoms with Gasteiger partial charge in [-0.1, -0.05) is 47.5 Å². The van der Waals surface area contributed by atoms with Gasteiger partial charge in [0.25, 0.3) is 11.7 Å². The van der Waals surface area contributed by atoms with Crippen molar-refractivity contribution in [3.8, 4) is 11.5 Å². The first kappa shape index (κ1) is 24.4.